The lowest BCUT2D eigenvalue weighted by atomic mass is 10.1. The quantitative estimate of drug-likeness (QED) is 0.296. The first-order valence-corrected chi connectivity index (χ1v) is 14.0. The van der Waals surface area contributed by atoms with E-state index < -0.39 is 0 Å². The van der Waals surface area contributed by atoms with Crippen molar-refractivity contribution in [2.45, 2.75) is 51.6 Å². The van der Waals surface area contributed by atoms with Gasteiger partial charge in [0, 0.05) is 32.5 Å². The van der Waals surface area contributed by atoms with Crippen molar-refractivity contribution in [2.24, 2.45) is 0 Å². The highest BCUT2D eigenvalue weighted by Gasteiger charge is 2.31. The summed E-state index contributed by atoms with van der Waals surface area (Å²) in [6.45, 7) is 4.84. The van der Waals surface area contributed by atoms with Crippen molar-refractivity contribution in [3.63, 3.8) is 0 Å². The minimum absolute atomic E-state index is 0.0311. The van der Waals surface area contributed by atoms with Crippen LogP contribution in [-0.4, -0.2) is 54.6 Å². The molecule has 40 heavy (non-hydrogen) atoms. The molecule has 2 aromatic carbocycles. The monoisotopic (exact) mass is 534 g/mol. The van der Waals surface area contributed by atoms with E-state index in [-0.39, 0.29) is 23.9 Å². The molecule has 0 saturated carbocycles. The van der Waals surface area contributed by atoms with Crippen LogP contribution in [0.4, 0.5) is 0 Å². The minimum Gasteiger partial charge on any atom is -0.340 e. The van der Waals surface area contributed by atoms with Gasteiger partial charge in [-0.2, -0.15) is 0 Å². The first-order chi connectivity index (χ1) is 19.5. The van der Waals surface area contributed by atoms with Gasteiger partial charge in [-0.1, -0.05) is 54.6 Å². The number of carbonyl (C=O) groups excluding carboxylic acids is 2. The Morgan fingerprint density at radius 1 is 0.750 bits per heavy atom. The normalized spacial score (nSPS) is 19.1. The second kappa shape index (κ2) is 11.0. The zero-order chi connectivity index (χ0) is 27.6. The van der Waals surface area contributed by atoms with Crippen LogP contribution in [0.25, 0.3) is 34.7 Å². The van der Waals surface area contributed by atoms with E-state index in [1.54, 1.807) is 13.8 Å². The van der Waals surface area contributed by atoms with Crippen LogP contribution in [0.3, 0.4) is 0 Å². The zero-order valence-corrected chi connectivity index (χ0v) is 22.9. The third-order valence-corrected chi connectivity index (χ3v) is 8.02. The SMILES string of the molecule is CC(=O)N1CCCC1c1ncc(-c2ccc(C=Cc3cccc(-c4cnc(C5CCCN5C(C)=O)[nH]4)c3)cc2)[nH]1. The van der Waals surface area contributed by atoms with Crippen molar-refractivity contribution >= 4 is 24.0 Å². The Bertz CT molecular complexity index is 1550. The van der Waals surface area contributed by atoms with Crippen LogP contribution >= 0.6 is 0 Å². The number of hydrogen-bond acceptors (Lipinski definition) is 4. The molecule has 8 heteroatoms. The molecule has 0 spiro atoms. The van der Waals surface area contributed by atoms with Crippen molar-refractivity contribution in [3.8, 4) is 22.5 Å². The lowest BCUT2D eigenvalue weighted by molar-refractivity contribution is -0.130. The van der Waals surface area contributed by atoms with Crippen LogP contribution in [0.2, 0.25) is 0 Å². The van der Waals surface area contributed by atoms with Crippen LogP contribution in [0.15, 0.2) is 60.9 Å². The van der Waals surface area contributed by atoms with Gasteiger partial charge in [0.2, 0.25) is 11.8 Å². The lowest BCUT2D eigenvalue weighted by Crippen LogP contribution is -2.28. The van der Waals surface area contributed by atoms with Gasteiger partial charge in [-0.05, 0) is 48.4 Å². The van der Waals surface area contributed by atoms with E-state index in [0.29, 0.717) is 0 Å². The molecule has 2 aliphatic heterocycles. The van der Waals surface area contributed by atoms with Gasteiger partial charge in [0.15, 0.2) is 0 Å². The van der Waals surface area contributed by atoms with Gasteiger partial charge in [-0.15, -0.1) is 0 Å². The molecule has 2 unspecified atom stereocenters. The number of imidazole rings is 2. The Hall–Kier alpha value is -4.46. The van der Waals surface area contributed by atoms with E-state index in [9.17, 15) is 9.59 Å². The number of benzene rings is 2. The number of aromatic nitrogens is 4. The lowest BCUT2D eigenvalue weighted by Gasteiger charge is -2.21. The summed E-state index contributed by atoms with van der Waals surface area (Å²) in [5.74, 6) is 1.91. The molecular formula is C32H34N6O2. The summed E-state index contributed by atoms with van der Waals surface area (Å²) in [4.78, 5) is 43.8. The van der Waals surface area contributed by atoms with E-state index >= 15 is 0 Å². The molecular weight excluding hydrogens is 500 g/mol. The molecule has 2 aromatic heterocycles. The Kier molecular flexibility index (Phi) is 7.07. The fourth-order valence-electron chi connectivity index (χ4n) is 5.94. The largest absolute Gasteiger partial charge is 0.340 e. The fraction of sp³-hybridized carbons (Fsp3) is 0.312. The Morgan fingerprint density at radius 3 is 1.88 bits per heavy atom. The van der Waals surface area contributed by atoms with E-state index in [0.717, 1.165) is 84.1 Å². The van der Waals surface area contributed by atoms with Gasteiger partial charge in [-0.3, -0.25) is 9.59 Å². The summed E-state index contributed by atoms with van der Waals surface area (Å²) in [6.07, 6.45) is 11.8. The molecule has 204 valence electrons. The zero-order valence-electron chi connectivity index (χ0n) is 22.9. The number of amides is 2. The average molecular weight is 535 g/mol. The summed E-state index contributed by atoms with van der Waals surface area (Å²) in [6, 6.07) is 16.8. The van der Waals surface area contributed by atoms with Gasteiger partial charge < -0.3 is 19.8 Å². The molecule has 2 fully saturated rings. The third-order valence-electron chi connectivity index (χ3n) is 8.02. The van der Waals surface area contributed by atoms with Gasteiger partial charge in [0.25, 0.3) is 0 Å². The molecule has 0 radical (unpaired) electrons. The molecule has 8 nitrogen and oxygen atoms in total. The Labute approximate surface area is 234 Å². The second-order valence-corrected chi connectivity index (χ2v) is 10.7. The molecule has 6 rings (SSSR count). The summed E-state index contributed by atoms with van der Waals surface area (Å²) in [7, 11) is 0. The average Bonchev–Trinajstić information content (AvgIpc) is 3.78. The standard InChI is InChI=1S/C32H34N6O2/c1-21(39)37-16-4-8-29(37)31-33-19-27(35-31)25-14-12-23(13-15-25)10-11-24-6-3-7-26(18-24)28-20-34-32(36-28)30-9-5-17-38(30)22(2)40/h3,6-7,10-15,18-20,29-30H,4-5,8-9,16-17H2,1-2H3,(H,33,35)(H,34,36). The molecule has 0 bridgehead atoms. The van der Waals surface area contributed by atoms with Crippen LogP contribution in [0.5, 0.6) is 0 Å². The van der Waals surface area contributed by atoms with Gasteiger partial charge in [0.05, 0.1) is 35.9 Å². The highest BCUT2D eigenvalue weighted by molar-refractivity contribution is 5.75. The second-order valence-electron chi connectivity index (χ2n) is 10.7. The summed E-state index contributed by atoms with van der Waals surface area (Å²) < 4.78 is 0. The predicted molar refractivity (Wildman–Crippen MR) is 156 cm³/mol. The van der Waals surface area contributed by atoms with Gasteiger partial charge in [0.1, 0.15) is 11.6 Å². The molecule has 2 N–H and O–H groups in total. The number of hydrogen-bond donors (Lipinski definition) is 2. The fourth-order valence-corrected chi connectivity index (χ4v) is 5.94. The van der Waals surface area contributed by atoms with Crippen LogP contribution in [0, 0.1) is 0 Å². The number of rotatable bonds is 6. The minimum atomic E-state index is 0.0311. The Morgan fingerprint density at radius 2 is 1.30 bits per heavy atom. The van der Waals surface area contributed by atoms with Crippen molar-refractivity contribution in [3.05, 3.63) is 83.7 Å². The molecule has 2 saturated heterocycles. The van der Waals surface area contributed by atoms with Crippen molar-refractivity contribution < 1.29 is 9.59 Å². The number of aromatic amines is 2. The van der Waals surface area contributed by atoms with E-state index in [1.165, 1.54) is 0 Å². The van der Waals surface area contributed by atoms with Crippen LogP contribution in [-0.2, 0) is 9.59 Å². The number of likely N-dealkylation sites (tertiary alicyclic amines) is 2. The first kappa shape index (κ1) is 25.8. The number of nitrogens with one attached hydrogen (secondary N) is 2. The molecule has 2 atom stereocenters. The molecule has 2 aliphatic rings. The van der Waals surface area contributed by atoms with Gasteiger partial charge >= 0.3 is 0 Å². The maximum Gasteiger partial charge on any atom is 0.220 e. The molecule has 2 amide bonds. The van der Waals surface area contributed by atoms with Crippen molar-refractivity contribution in [1.82, 2.24) is 29.7 Å². The van der Waals surface area contributed by atoms with E-state index in [4.69, 9.17) is 0 Å². The highest BCUT2D eigenvalue weighted by atomic mass is 16.2. The number of nitrogens with zero attached hydrogens (tertiary/aromatic N) is 4. The van der Waals surface area contributed by atoms with Gasteiger partial charge in [-0.25, -0.2) is 9.97 Å². The van der Waals surface area contributed by atoms with Crippen molar-refractivity contribution in [1.29, 1.82) is 0 Å². The van der Waals surface area contributed by atoms with Crippen LogP contribution in [0.1, 0.15) is 74.4 Å². The van der Waals surface area contributed by atoms with Crippen LogP contribution < -0.4 is 0 Å². The molecule has 4 heterocycles. The summed E-state index contributed by atoms with van der Waals surface area (Å²) >= 11 is 0. The number of H-pyrrole nitrogens is 2. The summed E-state index contributed by atoms with van der Waals surface area (Å²) in [5.41, 5.74) is 6.22. The maximum absolute atomic E-state index is 12.0. The smallest absolute Gasteiger partial charge is 0.220 e. The third kappa shape index (κ3) is 5.21. The van der Waals surface area contributed by atoms with Crippen molar-refractivity contribution in [2.75, 3.05) is 13.1 Å². The Balaban J connectivity index is 1.13. The molecule has 0 aliphatic carbocycles. The topological polar surface area (TPSA) is 98.0 Å². The molecule has 4 aromatic rings. The maximum atomic E-state index is 12.0. The summed E-state index contributed by atoms with van der Waals surface area (Å²) in [5, 5.41) is 0. The first-order valence-electron chi connectivity index (χ1n) is 14.0. The number of carbonyl (C=O) groups is 2. The predicted octanol–water partition coefficient (Wildman–Crippen LogP) is 6.00. The van der Waals surface area contributed by atoms with E-state index in [1.807, 2.05) is 28.3 Å². The highest BCUT2D eigenvalue weighted by Crippen LogP contribution is 2.33. The van der Waals surface area contributed by atoms with E-state index in [2.05, 4.69) is 74.6 Å².